The second kappa shape index (κ2) is 7.55. The van der Waals surface area contributed by atoms with E-state index in [0.29, 0.717) is 0 Å². The monoisotopic (exact) mass is 217 g/mol. The molecule has 1 aliphatic rings. The highest BCUT2D eigenvalue weighted by atomic mass is 32.2. The van der Waals surface area contributed by atoms with Crippen LogP contribution in [0.1, 0.15) is 39.0 Å². The normalized spacial score (nSPS) is 20.1. The van der Waals surface area contributed by atoms with Crippen LogP contribution in [0.15, 0.2) is 0 Å². The van der Waals surface area contributed by atoms with Crippen LogP contribution >= 0.6 is 11.8 Å². The molecule has 0 aromatic heterocycles. The Hall–Kier alpha value is 0.270. The van der Waals surface area contributed by atoms with Crippen LogP contribution in [0.5, 0.6) is 0 Å². The van der Waals surface area contributed by atoms with Crippen molar-refractivity contribution in [3.63, 3.8) is 0 Å². The molecule has 0 spiro atoms. The first-order valence-electron chi connectivity index (χ1n) is 5.78. The Morgan fingerprint density at radius 1 is 1.43 bits per heavy atom. The Morgan fingerprint density at radius 2 is 2.14 bits per heavy atom. The fraction of sp³-hybridized carbons (Fsp3) is 1.00. The van der Waals surface area contributed by atoms with Gasteiger partial charge in [0, 0.05) is 23.7 Å². The van der Waals surface area contributed by atoms with Gasteiger partial charge in [0.25, 0.3) is 0 Å². The molecular weight excluding hydrogens is 194 g/mol. The summed E-state index contributed by atoms with van der Waals surface area (Å²) in [6.45, 7) is 3.70. The molecule has 0 aliphatic heterocycles. The molecule has 1 aliphatic carbocycles. The van der Waals surface area contributed by atoms with Gasteiger partial charge in [-0.15, -0.1) is 0 Å². The van der Waals surface area contributed by atoms with Gasteiger partial charge in [0.05, 0.1) is 6.61 Å². The molecule has 0 amide bonds. The Bertz CT molecular complexity index is 137. The van der Waals surface area contributed by atoms with E-state index >= 15 is 0 Å². The van der Waals surface area contributed by atoms with E-state index in [0.717, 1.165) is 30.6 Å². The Balaban J connectivity index is 1.93. The van der Waals surface area contributed by atoms with Crippen molar-refractivity contribution in [1.82, 2.24) is 0 Å². The van der Waals surface area contributed by atoms with E-state index in [1.165, 1.54) is 25.7 Å². The summed E-state index contributed by atoms with van der Waals surface area (Å²) < 4.78 is 5.42. The van der Waals surface area contributed by atoms with Gasteiger partial charge in [0.1, 0.15) is 0 Å². The number of ether oxygens (including phenoxy) is 1. The number of thioether (sulfide) groups is 1. The lowest BCUT2D eigenvalue weighted by Crippen LogP contribution is -2.29. The van der Waals surface area contributed by atoms with E-state index in [1.807, 2.05) is 11.8 Å². The molecule has 1 fully saturated rings. The van der Waals surface area contributed by atoms with Gasteiger partial charge in [-0.3, -0.25) is 0 Å². The first kappa shape index (κ1) is 12.3. The van der Waals surface area contributed by atoms with Crippen LogP contribution in [0, 0.1) is 0 Å². The van der Waals surface area contributed by atoms with Crippen LogP contribution in [0.3, 0.4) is 0 Å². The summed E-state index contributed by atoms with van der Waals surface area (Å²) in [5.74, 6) is 1.06. The molecule has 1 unspecified atom stereocenters. The molecule has 0 bridgehead atoms. The highest BCUT2D eigenvalue weighted by Gasteiger charge is 2.16. The van der Waals surface area contributed by atoms with E-state index in [9.17, 15) is 0 Å². The van der Waals surface area contributed by atoms with Gasteiger partial charge in [0.2, 0.25) is 0 Å². The summed E-state index contributed by atoms with van der Waals surface area (Å²) in [6.07, 6.45) is 6.71. The summed E-state index contributed by atoms with van der Waals surface area (Å²) in [7, 11) is 0. The second-order valence-electron chi connectivity index (χ2n) is 4.07. The maximum Gasteiger partial charge on any atom is 0.0625 e. The predicted octanol–water partition coefficient (Wildman–Crippen LogP) is 2.42. The summed E-state index contributed by atoms with van der Waals surface area (Å²) in [5, 5.41) is 0.882. The first-order valence-corrected chi connectivity index (χ1v) is 6.82. The molecule has 2 N–H and O–H groups in total. The standard InChI is InChI=1S/C11H23NOS/c1-2-7-13-8-10(12)9-14-11-5-3-4-6-11/h10-11H,2-9,12H2,1H3. The van der Waals surface area contributed by atoms with Crippen molar-refractivity contribution in [2.45, 2.75) is 50.3 Å². The molecule has 0 heterocycles. The topological polar surface area (TPSA) is 35.2 Å². The second-order valence-corrected chi connectivity index (χ2v) is 5.41. The number of rotatable bonds is 7. The van der Waals surface area contributed by atoms with Gasteiger partial charge in [-0.05, 0) is 19.3 Å². The summed E-state index contributed by atoms with van der Waals surface area (Å²) in [4.78, 5) is 0. The third-order valence-electron chi connectivity index (χ3n) is 2.53. The SMILES string of the molecule is CCCOCC(N)CSC1CCCC1. The quantitative estimate of drug-likeness (QED) is 0.665. The van der Waals surface area contributed by atoms with Gasteiger partial charge in [-0.2, -0.15) is 11.8 Å². The molecule has 0 aromatic rings. The lowest BCUT2D eigenvalue weighted by Gasteiger charge is -2.14. The molecule has 84 valence electrons. The third-order valence-corrected chi connectivity index (χ3v) is 4.09. The third kappa shape index (κ3) is 5.23. The fourth-order valence-corrected chi connectivity index (χ4v) is 3.02. The molecule has 3 heteroatoms. The van der Waals surface area contributed by atoms with Gasteiger partial charge in [-0.25, -0.2) is 0 Å². The highest BCUT2D eigenvalue weighted by Crippen LogP contribution is 2.29. The van der Waals surface area contributed by atoms with Crippen molar-refractivity contribution >= 4 is 11.8 Å². The molecular formula is C11H23NOS. The summed E-state index contributed by atoms with van der Waals surface area (Å²) in [5.41, 5.74) is 5.95. The Labute approximate surface area is 92.0 Å². The van der Waals surface area contributed by atoms with Gasteiger partial charge >= 0.3 is 0 Å². The lowest BCUT2D eigenvalue weighted by atomic mass is 10.4. The van der Waals surface area contributed by atoms with Gasteiger partial charge < -0.3 is 10.5 Å². The molecule has 14 heavy (non-hydrogen) atoms. The molecule has 2 nitrogen and oxygen atoms in total. The van der Waals surface area contributed by atoms with Crippen LogP contribution in [0.25, 0.3) is 0 Å². The number of hydrogen-bond acceptors (Lipinski definition) is 3. The number of nitrogens with two attached hydrogens (primary N) is 1. The molecule has 1 saturated carbocycles. The van der Waals surface area contributed by atoms with Crippen LogP contribution in [0.4, 0.5) is 0 Å². The smallest absolute Gasteiger partial charge is 0.0625 e. The zero-order valence-electron chi connectivity index (χ0n) is 9.21. The average Bonchev–Trinajstić information content (AvgIpc) is 2.68. The van der Waals surface area contributed by atoms with Crippen LogP contribution in [0.2, 0.25) is 0 Å². The van der Waals surface area contributed by atoms with Crippen molar-refractivity contribution in [2.24, 2.45) is 5.73 Å². The molecule has 0 aromatic carbocycles. The minimum absolute atomic E-state index is 0.229. The molecule has 0 radical (unpaired) electrons. The van der Waals surface area contributed by atoms with Crippen molar-refractivity contribution < 1.29 is 4.74 Å². The Kier molecular flexibility index (Phi) is 6.65. The Morgan fingerprint density at radius 3 is 2.79 bits per heavy atom. The first-order chi connectivity index (χ1) is 6.83. The van der Waals surface area contributed by atoms with E-state index in [1.54, 1.807) is 0 Å². The summed E-state index contributed by atoms with van der Waals surface area (Å²) >= 11 is 2.05. The zero-order valence-corrected chi connectivity index (χ0v) is 10.0. The zero-order chi connectivity index (χ0) is 10.2. The van der Waals surface area contributed by atoms with Crippen molar-refractivity contribution in [1.29, 1.82) is 0 Å². The number of hydrogen-bond donors (Lipinski definition) is 1. The average molecular weight is 217 g/mol. The molecule has 1 rings (SSSR count). The molecule has 0 saturated heterocycles. The maximum atomic E-state index is 5.95. The fourth-order valence-electron chi connectivity index (χ4n) is 1.74. The van der Waals surface area contributed by atoms with Crippen molar-refractivity contribution in [3.8, 4) is 0 Å². The van der Waals surface area contributed by atoms with Gasteiger partial charge in [-0.1, -0.05) is 19.8 Å². The van der Waals surface area contributed by atoms with E-state index < -0.39 is 0 Å². The van der Waals surface area contributed by atoms with Gasteiger partial charge in [0.15, 0.2) is 0 Å². The van der Waals surface area contributed by atoms with E-state index in [4.69, 9.17) is 10.5 Å². The van der Waals surface area contributed by atoms with Crippen molar-refractivity contribution in [3.05, 3.63) is 0 Å². The largest absolute Gasteiger partial charge is 0.380 e. The van der Waals surface area contributed by atoms with Crippen molar-refractivity contribution in [2.75, 3.05) is 19.0 Å². The molecule has 1 atom stereocenters. The van der Waals surface area contributed by atoms with Crippen LogP contribution < -0.4 is 5.73 Å². The summed E-state index contributed by atoms with van der Waals surface area (Å²) in [6, 6.07) is 0.229. The van der Waals surface area contributed by atoms with Crippen LogP contribution in [-0.4, -0.2) is 30.3 Å². The lowest BCUT2D eigenvalue weighted by molar-refractivity contribution is 0.126. The van der Waals surface area contributed by atoms with E-state index in [2.05, 4.69) is 6.92 Å². The van der Waals surface area contributed by atoms with Crippen LogP contribution in [-0.2, 0) is 4.74 Å². The highest BCUT2D eigenvalue weighted by molar-refractivity contribution is 7.99. The minimum atomic E-state index is 0.229. The van der Waals surface area contributed by atoms with E-state index in [-0.39, 0.29) is 6.04 Å². The maximum absolute atomic E-state index is 5.95. The predicted molar refractivity (Wildman–Crippen MR) is 63.8 cm³/mol. The minimum Gasteiger partial charge on any atom is -0.380 e.